The predicted molar refractivity (Wildman–Crippen MR) is 97.6 cm³/mol. The van der Waals surface area contributed by atoms with E-state index in [-0.39, 0.29) is 13.2 Å². The van der Waals surface area contributed by atoms with Crippen molar-refractivity contribution in [2.24, 2.45) is 0 Å². The van der Waals surface area contributed by atoms with Crippen LogP contribution >= 0.6 is 0 Å². The first kappa shape index (κ1) is 17.7. The molecule has 3 aromatic rings. The van der Waals surface area contributed by atoms with E-state index >= 15 is 0 Å². The number of ether oxygens (including phenoxy) is 1. The Morgan fingerprint density at radius 2 is 2.15 bits per heavy atom. The van der Waals surface area contributed by atoms with Gasteiger partial charge >= 0.3 is 0 Å². The highest BCUT2D eigenvalue weighted by molar-refractivity contribution is 7.89. The van der Waals surface area contributed by atoms with Crippen molar-refractivity contribution in [2.75, 3.05) is 6.54 Å². The maximum absolute atomic E-state index is 13.0. The molecular weight excluding hydrogens is 366 g/mol. The van der Waals surface area contributed by atoms with E-state index in [2.05, 4.69) is 10.1 Å². The summed E-state index contributed by atoms with van der Waals surface area (Å²) in [4.78, 5) is 4.30. The van der Waals surface area contributed by atoms with Gasteiger partial charge in [-0.1, -0.05) is 17.3 Å². The van der Waals surface area contributed by atoms with Gasteiger partial charge in [-0.3, -0.25) is 4.98 Å². The van der Waals surface area contributed by atoms with Crippen molar-refractivity contribution in [3.05, 3.63) is 71.4 Å². The molecular formula is C19H19N3O4S. The van der Waals surface area contributed by atoms with Gasteiger partial charge in [0.2, 0.25) is 10.0 Å². The zero-order chi connectivity index (χ0) is 18.9. The standard InChI is InChI=1S/C19H19N3O4S/c1-14-4-2-6-16(10-14)27(23,24)22-9-7-19-17(12-22)18(21-26-19)13-25-15-5-3-8-20-11-15/h2-6,8,10-11H,7,9,12-13H2,1H3. The van der Waals surface area contributed by atoms with Crippen molar-refractivity contribution in [1.29, 1.82) is 0 Å². The topological polar surface area (TPSA) is 85.5 Å². The van der Waals surface area contributed by atoms with Crippen molar-refractivity contribution in [2.45, 2.75) is 31.4 Å². The Bertz CT molecular complexity index is 1050. The van der Waals surface area contributed by atoms with Gasteiger partial charge in [0.05, 0.1) is 11.1 Å². The van der Waals surface area contributed by atoms with Crippen molar-refractivity contribution in [3.63, 3.8) is 0 Å². The number of benzene rings is 1. The summed E-state index contributed by atoms with van der Waals surface area (Å²) in [5, 5.41) is 4.07. The molecule has 7 nitrogen and oxygen atoms in total. The van der Waals surface area contributed by atoms with Crippen LogP contribution in [0.25, 0.3) is 0 Å². The van der Waals surface area contributed by atoms with Gasteiger partial charge in [0.1, 0.15) is 23.8 Å². The lowest BCUT2D eigenvalue weighted by atomic mass is 10.1. The number of hydrogen-bond acceptors (Lipinski definition) is 6. The molecule has 0 spiro atoms. The fourth-order valence-electron chi connectivity index (χ4n) is 3.07. The maximum atomic E-state index is 13.0. The molecule has 0 unspecified atom stereocenters. The van der Waals surface area contributed by atoms with Gasteiger partial charge in [0, 0.05) is 31.3 Å². The predicted octanol–water partition coefficient (Wildman–Crippen LogP) is 2.70. The smallest absolute Gasteiger partial charge is 0.243 e. The van der Waals surface area contributed by atoms with E-state index in [4.69, 9.17) is 9.26 Å². The Morgan fingerprint density at radius 3 is 2.93 bits per heavy atom. The molecule has 3 heterocycles. The molecule has 0 saturated carbocycles. The van der Waals surface area contributed by atoms with Gasteiger partial charge in [-0.2, -0.15) is 4.31 Å². The van der Waals surface area contributed by atoms with Crippen LogP contribution in [0.4, 0.5) is 0 Å². The molecule has 0 aliphatic carbocycles. The number of fused-ring (bicyclic) bond motifs is 1. The molecule has 4 rings (SSSR count). The lowest BCUT2D eigenvalue weighted by Crippen LogP contribution is -2.36. The van der Waals surface area contributed by atoms with Gasteiger partial charge in [0.25, 0.3) is 0 Å². The highest BCUT2D eigenvalue weighted by Gasteiger charge is 2.32. The van der Waals surface area contributed by atoms with Crippen LogP contribution in [0.2, 0.25) is 0 Å². The number of aryl methyl sites for hydroxylation is 1. The lowest BCUT2D eigenvalue weighted by molar-refractivity contribution is 0.286. The minimum atomic E-state index is -3.58. The second kappa shape index (κ2) is 7.13. The molecule has 0 amide bonds. The number of hydrogen-bond donors (Lipinski definition) is 0. The van der Waals surface area contributed by atoms with Crippen molar-refractivity contribution >= 4 is 10.0 Å². The Kier molecular flexibility index (Phi) is 4.67. The molecule has 2 aromatic heterocycles. The molecule has 140 valence electrons. The molecule has 8 heteroatoms. The third-order valence-electron chi connectivity index (χ3n) is 4.51. The number of aromatic nitrogens is 2. The minimum Gasteiger partial charge on any atom is -0.486 e. The summed E-state index contributed by atoms with van der Waals surface area (Å²) in [6, 6.07) is 10.5. The monoisotopic (exact) mass is 385 g/mol. The van der Waals surface area contributed by atoms with Crippen molar-refractivity contribution in [1.82, 2.24) is 14.4 Å². The lowest BCUT2D eigenvalue weighted by Gasteiger charge is -2.25. The van der Waals surface area contributed by atoms with Gasteiger partial charge in [-0.15, -0.1) is 0 Å². The van der Waals surface area contributed by atoms with E-state index in [1.165, 1.54) is 4.31 Å². The van der Waals surface area contributed by atoms with Crippen LogP contribution in [-0.2, 0) is 29.6 Å². The zero-order valence-corrected chi connectivity index (χ0v) is 15.6. The van der Waals surface area contributed by atoms with Crippen LogP contribution in [-0.4, -0.2) is 29.4 Å². The quantitative estimate of drug-likeness (QED) is 0.671. The summed E-state index contributed by atoms with van der Waals surface area (Å²) in [6.07, 6.45) is 3.76. The second-order valence-corrected chi connectivity index (χ2v) is 8.35. The van der Waals surface area contributed by atoms with Gasteiger partial charge < -0.3 is 9.26 Å². The zero-order valence-electron chi connectivity index (χ0n) is 14.8. The number of rotatable bonds is 5. The molecule has 0 atom stereocenters. The Labute approximate surface area is 157 Å². The molecule has 0 radical (unpaired) electrons. The molecule has 0 N–H and O–H groups in total. The minimum absolute atomic E-state index is 0.197. The Hall–Kier alpha value is -2.71. The molecule has 0 saturated heterocycles. The average Bonchev–Trinajstić information content (AvgIpc) is 3.09. The average molecular weight is 385 g/mol. The molecule has 1 aromatic carbocycles. The normalized spacial score (nSPS) is 14.7. The molecule has 1 aliphatic heterocycles. The van der Waals surface area contributed by atoms with Crippen LogP contribution in [0.5, 0.6) is 5.75 Å². The summed E-state index contributed by atoms with van der Waals surface area (Å²) in [5.41, 5.74) is 2.30. The Morgan fingerprint density at radius 1 is 1.26 bits per heavy atom. The van der Waals surface area contributed by atoms with Crippen LogP contribution in [0.3, 0.4) is 0 Å². The first-order valence-electron chi connectivity index (χ1n) is 8.60. The first-order chi connectivity index (χ1) is 13.0. The van der Waals surface area contributed by atoms with Crippen LogP contribution < -0.4 is 4.74 Å². The largest absolute Gasteiger partial charge is 0.486 e. The summed E-state index contributed by atoms with van der Waals surface area (Å²) in [5.74, 6) is 1.34. The number of sulfonamides is 1. The SMILES string of the molecule is Cc1cccc(S(=O)(=O)N2CCc3onc(COc4cccnc4)c3C2)c1. The highest BCUT2D eigenvalue weighted by atomic mass is 32.2. The summed E-state index contributed by atoms with van der Waals surface area (Å²) in [7, 11) is -3.58. The Balaban J connectivity index is 1.55. The fourth-order valence-corrected chi connectivity index (χ4v) is 4.58. The van der Waals surface area contributed by atoms with Gasteiger partial charge in [0.15, 0.2) is 0 Å². The van der Waals surface area contributed by atoms with Crippen LogP contribution in [0.1, 0.15) is 22.6 Å². The van der Waals surface area contributed by atoms with E-state index in [1.54, 1.807) is 42.7 Å². The van der Waals surface area contributed by atoms with E-state index in [0.717, 1.165) is 16.9 Å². The molecule has 27 heavy (non-hydrogen) atoms. The van der Waals surface area contributed by atoms with Crippen LogP contribution in [0.15, 0.2) is 58.2 Å². The van der Waals surface area contributed by atoms with Gasteiger partial charge in [-0.25, -0.2) is 8.42 Å². The van der Waals surface area contributed by atoms with E-state index in [9.17, 15) is 8.42 Å². The first-order valence-corrected chi connectivity index (χ1v) is 10.0. The molecule has 1 aliphatic rings. The van der Waals surface area contributed by atoms with Gasteiger partial charge in [-0.05, 0) is 36.8 Å². The number of nitrogens with zero attached hydrogens (tertiary/aromatic N) is 3. The molecule has 0 bridgehead atoms. The highest BCUT2D eigenvalue weighted by Crippen LogP contribution is 2.28. The molecule has 0 fully saturated rings. The van der Waals surface area contributed by atoms with E-state index in [0.29, 0.717) is 29.3 Å². The van der Waals surface area contributed by atoms with Crippen molar-refractivity contribution < 1.29 is 17.7 Å². The summed E-state index contributed by atoms with van der Waals surface area (Å²) in [6.45, 7) is 2.66. The third-order valence-corrected chi connectivity index (χ3v) is 6.35. The van der Waals surface area contributed by atoms with E-state index < -0.39 is 10.0 Å². The summed E-state index contributed by atoms with van der Waals surface area (Å²) < 4.78 is 38.5. The number of pyridine rings is 1. The maximum Gasteiger partial charge on any atom is 0.243 e. The third kappa shape index (κ3) is 3.58. The van der Waals surface area contributed by atoms with Crippen LogP contribution in [0, 0.1) is 6.92 Å². The van der Waals surface area contributed by atoms with E-state index in [1.807, 2.05) is 13.0 Å². The summed E-state index contributed by atoms with van der Waals surface area (Å²) >= 11 is 0. The van der Waals surface area contributed by atoms with Crippen molar-refractivity contribution in [3.8, 4) is 5.75 Å². The fraction of sp³-hybridized carbons (Fsp3) is 0.263. The second-order valence-electron chi connectivity index (χ2n) is 6.41.